The van der Waals surface area contributed by atoms with Crippen molar-refractivity contribution in [2.75, 3.05) is 0 Å². The summed E-state index contributed by atoms with van der Waals surface area (Å²) in [5.41, 5.74) is 5.40. The van der Waals surface area contributed by atoms with Gasteiger partial charge in [-0.25, -0.2) is 4.98 Å². The quantitative estimate of drug-likeness (QED) is 0.788. The maximum atomic E-state index is 12.2. The van der Waals surface area contributed by atoms with Gasteiger partial charge in [-0.1, -0.05) is 20.8 Å². The summed E-state index contributed by atoms with van der Waals surface area (Å²) in [7, 11) is 0. The monoisotopic (exact) mass is 237 g/mol. The minimum absolute atomic E-state index is 0.0889. The highest BCUT2D eigenvalue weighted by atomic mass is 16.1. The van der Waals surface area contributed by atoms with Gasteiger partial charge in [0.1, 0.15) is 5.82 Å². The number of ketones is 1. The number of Topliss-reactive ketones (excluding diaryl/α,β-unsaturated/α-hetero) is 1. The molecule has 0 fully saturated rings. The summed E-state index contributed by atoms with van der Waals surface area (Å²) in [6, 6.07) is 0. The van der Waals surface area contributed by atoms with Crippen molar-refractivity contribution in [2.45, 2.75) is 58.5 Å². The molecule has 1 heterocycles. The Kier molecular flexibility index (Phi) is 4.87. The molecule has 0 saturated carbocycles. The molecule has 0 amide bonds. The minimum atomic E-state index is -0.691. The van der Waals surface area contributed by atoms with E-state index in [-0.39, 0.29) is 5.78 Å². The lowest BCUT2D eigenvalue weighted by atomic mass is 9.87. The topological polar surface area (TPSA) is 60.9 Å². The van der Waals surface area contributed by atoms with Crippen molar-refractivity contribution in [3.05, 3.63) is 18.2 Å². The summed E-state index contributed by atoms with van der Waals surface area (Å²) in [6.45, 7) is 6.93. The number of aryl methyl sites for hydroxylation is 1. The Balaban J connectivity index is 2.77. The van der Waals surface area contributed by atoms with Crippen LogP contribution in [0.2, 0.25) is 0 Å². The standard InChI is InChI=1S/C13H23N3O/c1-4-8-16-9-7-15-12(16)10-11(17)13(14,5-2)6-3/h7,9H,4-6,8,10,14H2,1-3H3. The van der Waals surface area contributed by atoms with Gasteiger partial charge >= 0.3 is 0 Å². The van der Waals surface area contributed by atoms with Crippen LogP contribution in [0.5, 0.6) is 0 Å². The van der Waals surface area contributed by atoms with Gasteiger partial charge in [0.2, 0.25) is 0 Å². The van der Waals surface area contributed by atoms with Gasteiger partial charge < -0.3 is 10.3 Å². The third-order valence-electron chi connectivity index (χ3n) is 3.40. The molecule has 0 spiro atoms. The highest BCUT2D eigenvalue weighted by Gasteiger charge is 2.30. The SMILES string of the molecule is CCCn1ccnc1CC(=O)C(N)(CC)CC. The van der Waals surface area contributed by atoms with Crippen molar-refractivity contribution < 1.29 is 4.79 Å². The third-order valence-corrected chi connectivity index (χ3v) is 3.40. The van der Waals surface area contributed by atoms with Crippen LogP contribution in [0.1, 0.15) is 45.9 Å². The Bertz CT molecular complexity index is 366. The molecule has 0 radical (unpaired) electrons. The van der Waals surface area contributed by atoms with Gasteiger partial charge in [0.15, 0.2) is 5.78 Å². The fraction of sp³-hybridized carbons (Fsp3) is 0.692. The first-order valence-corrected chi connectivity index (χ1v) is 6.39. The summed E-state index contributed by atoms with van der Waals surface area (Å²) in [5.74, 6) is 0.916. The molecule has 1 rings (SSSR count). The Morgan fingerprint density at radius 1 is 1.41 bits per heavy atom. The molecule has 0 unspecified atom stereocenters. The summed E-state index contributed by atoms with van der Waals surface area (Å²) in [5, 5.41) is 0. The van der Waals surface area contributed by atoms with Gasteiger partial charge in [-0.15, -0.1) is 0 Å². The molecule has 0 bridgehead atoms. The number of hydrogen-bond donors (Lipinski definition) is 1. The number of carbonyl (C=O) groups excluding carboxylic acids is 1. The van der Waals surface area contributed by atoms with Gasteiger partial charge in [0, 0.05) is 18.9 Å². The molecule has 0 saturated heterocycles. The second kappa shape index (κ2) is 5.96. The Morgan fingerprint density at radius 2 is 2.06 bits per heavy atom. The molecular weight excluding hydrogens is 214 g/mol. The summed E-state index contributed by atoms with van der Waals surface area (Å²) in [4.78, 5) is 16.4. The molecule has 1 aromatic heterocycles. The minimum Gasteiger partial charge on any atom is -0.335 e. The summed E-state index contributed by atoms with van der Waals surface area (Å²) in [6.07, 6.45) is 6.39. The Morgan fingerprint density at radius 3 is 2.59 bits per heavy atom. The molecule has 1 aromatic rings. The van der Waals surface area contributed by atoms with E-state index in [9.17, 15) is 4.79 Å². The zero-order chi connectivity index (χ0) is 12.9. The molecule has 0 aliphatic rings. The first-order chi connectivity index (χ1) is 8.07. The predicted molar refractivity (Wildman–Crippen MR) is 68.7 cm³/mol. The maximum absolute atomic E-state index is 12.2. The number of hydrogen-bond acceptors (Lipinski definition) is 3. The molecule has 4 heteroatoms. The molecule has 17 heavy (non-hydrogen) atoms. The number of imidazole rings is 1. The van der Waals surface area contributed by atoms with Crippen LogP contribution in [0.3, 0.4) is 0 Å². The van der Waals surface area contributed by atoms with Gasteiger partial charge in [-0.3, -0.25) is 4.79 Å². The smallest absolute Gasteiger partial charge is 0.160 e. The first kappa shape index (κ1) is 13.9. The number of nitrogens with zero attached hydrogens (tertiary/aromatic N) is 2. The van der Waals surface area contributed by atoms with Gasteiger partial charge in [0.05, 0.1) is 12.0 Å². The van der Waals surface area contributed by atoms with Crippen LogP contribution in [-0.2, 0) is 17.8 Å². The lowest BCUT2D eigenvalue weighted by Gasteiger charge is -2.24. The van der Waals surface area contributed by atoms with E-state index in [4.69, 9.17) is 5.73 Å². The van der Waals surface area contributed by atoms with Crippen LogP contribution in [-0.4, -0.2) is 20.9 Å². The normalized spacial score (nSPS) is 11.8. The van der Waals surface area contributed by atoms with Crippen LogP contribution in [0.15, 0.2) is 12.4 Å². The molecule has 0 atom stereocenters. The highest BCUT2D eigenvalue weighted by Crippen LogP contribution is 2.15. The van der Waals surface area contributed by atoms with E-state index in [2.05, 4.69) is 11.9 Å². The average molecular weight is 237 g/mol. The van der Waals surface area contributed by atoms with Crippen LogP contribution >= 0.6 is 0 Å². The number of nitrogens with two attached hydrogens (primary N) is 1. The van der Waals surface area contributed by atoms with E-state index in [0.717, 1.165) is 18.8 Å². The van der Waals surface area contributed by atoms with E-state index in [0.29, 0.717) is 19.3 Å². The van der Waals surface area contributed by atoms with E-state index >= 15 is 0 Å². The lowest BCUT2D eigenvalue weighted by molar-refractivity contribution is -0.123. The fourth-order valence-electron chi connectivity index (χ4n) is 1.92. The average Bonchev–Trinajstić information content (AvgIpc) is 2.76. The molecule has 4 nitrogen and oxygen atoms in total. The number of rotatable bonds is 7. The third kappa shape index (κ3) is 3.16. The second-order valence-corrected chi connectivity index (χ2v) is 4.50. The van der Waals surface area contributed by atoms with Gasteiger partial charge in [0.25, 0.3) is 0 Å². The summed E-state index contributed by atoms with van der Waals surface area (Å²) < 4.78 is 2.03. The molecule has 96 valence electrons. The predicted octanol–water partition coefficient (Wildman–Crippen LogP) is 1.92. The summed E-state index contributed by atoms with van der Waals surface area (Å²) >= 11 is 0. The van der Waals surface area contributed by atoms with Crippen LogP contribution in [0, 0.1) is 0 Å². The molecule has 2 N–H and O–H groups in total. The fourth-order valence-corrected chi connectivity index (χ4v) is 1.92. The van der Waals surface area contributed by atoms with Crippen molar-refractivity contribution in [1.29, 1.82) is 0 Å². The molecule has 0 aliphatic heterocycles. The largest absolute Gasteiger partial charge is 0.335 e. The van der Waals surface area contributed by atoms with E-state index < -0.39 is 5.54 Å². The molecule has 0 aromatic carbocycles. The molecular formula is C13H23N3O. The van der Waals surface area contributed by atoms with Crippen molar-refractivity contribution in [2.24, 2.45) is 5.73 Å². The van der Waals surface area contributed by atoms with Gasteiger partial charge in [-0.05, 0) is 19.3 Å². The van der Waals surface area contributed by atoms with Crippen molar-refractivity contribution in [1.82, 2.24) is 9.55 Å². The number of aromatic nitrogens is 2. The highest BCUT2D eigenvalue weighted by molar-refractivity contribution is 5.89. The zero-order valence-corrected chi connectivity index (χ0v) is 11.1. The Hall–Kier alpha value is -1.16. The maximum Gasteiger partial charge on any atom is 0.160 e. The van der Waals surface area contributed by atoms with E-state index in [1.54, 1.807) is 6.20 Å². The molecule has 0 aliphatic carbocycles. The lowest BCUT2D eigenvalue weighted by Crippen LogP contribution is -2.47. The van der Waals surface area contributed by atoms with E-state index in [1.165, 1.54) is 0 Å². The van der Waals surface area contributed by atoms with E-state index in [1.807, 2.05) is 24.6 Å². The van der Waals surface area contributed by atoms with Crippen LogP contribution < -0.4 is 5.73 Å². The zero-order valence-electron chi connectivity index (χ0n) is 11.1. The van der Waals surface area contributed by atoms with Crippen molar-refractivity contribution >= 4 is 5.78 Å². The number of carbonyl (C=O) groups is 1. The first-order valence-electron chi connectivity index (χ1n) is 6.39. The van der Waals surface area contributed by atoms with Gasteiger partial charge in [-0.2, -0.15) is 0 Å². The van der Waals surface area contributed by atoms with Crippen molar-refractivity contribution in [3.63, 3.8) is 0 Å². The second-order valence-electron chi connectivity index (χ2n) is 4.50. The van der Waals surface area contributed by atoms with Crippen molar-refractivity contribution in [3.8, 4) is 0 Å². The van der Waals surface area contributed by atoms with Crippen LogP contribution in [0.25, 0.3) is 0 Å². The van der Waals surface area contributed by atoms with Crippen LogP contribution in [0.4, 0.5) is 0 Å². The Labute approximate surface area is 103 Å².